The molecule has 0 spiro atoms. The maximum Gasteiger partial charge on any atom is 0.135 e. The van der Waals surface area contributed by atoms with Crippen molar-refractivity contribution in [2.45, 2.75) is 85.5 Å². The van der Waals surface area contributed by atoms with E-state index in [9.17, 15) is 0 Å². The van der Waals surface area contributed by atoms with Gasteiger partial charge in [0, 0.05) is 68.0 Å². The molecule has 0 radical (unpaired) electrons. The summed E-state index contributed by atoms with van der Waals surface area (Å²) in [5, 5.41) is 2.24. The van der Waals surface area contributed by atoms with Crippen LogP contribution in [0.4, 0.5) is 22.7 Å². The summed E-state index contributed by atoms with van der Waals surface area (Å²) in [6.07, 6.45) is 5.71. The number of nitrogens with zero attached hydrogens (tertiary/aromatic N) is 5. The minimum Gasteiger partial charge on any atom is -0.509 e. The van der Waals surface area contributed by atoms with Gasteiger partial charge in [0.1, 0.15) is 5.82 Å². The van der Waals surface area contributed by atoms with Gasteiger partial charge in [-0.3, -0.25) is 4.98 Å². The van der Waals surface area contributed by atoms with E-state index in [2.05, 4.69) is 167 Å². The number of para-hydroxylation sites is 1. The first kappa shape index (κ1) is 38.3. The van der Waals surface area contributed by atoms with Crippen LogP contribution in [0, 0.1) is 18.8 Å². The Balaban J connectivity index is 0.00000465. The average Bonchev–Trinajstić information content (AvgIpc) is 3.70. The molecule has 7 aromatic rings. The summed E-state index contributed by atoms with van der Waals surface area (Å²) in [6, 6.07) is 36.9. The van der Waals surface area contributed by atoms with E-state index >= 15 is 0 Å². The zero-order valence-electron chi connectivity index (χ0n) is 33.1. The average molecular weight is 906 g/mol. The van der Waals surface area contributed by atoms with Gasteiger partial charge in [0.2, 0.25) is 0 Å². The normalized spacial score (nSPS) is 13.0. The third kappa shape index (κ3) is 7.06. The molecule has 6 nitrogen and oxygen atoms in total. The van der Waals surface area contributed by atoms with E-state index in [4.69, 9.17) is 9.72 Å². The first-order chi connectivity index (χ1) is 25.9. The van der Waals surface area contributed by atoms with Crippen LogP contribution in [0.2, 0.25) is 0 Å². The molecule has 55 heavy (non-hydrogen) atoms. The molecule has 284 valence electrons. The zero-order chi connectivity index (χ0) is 37.9. The number of rotatable bonds is 8. The third-order valence-corrected chi connectivity index (χ3v) is 10.5. The Labute approximate surface area is 340 Å². The van der Waals surface area contributed by atoms with E-state index in [-0.39, 0.29) is 26.5 Å². The number of fused-ring (bicyclic) bond motifs is 4. The van der Waals surface area contributed by atoms with Gasteiger partial charge >= 0.3 is 0 Å². The maximum absolute atomic E-state index is 6.57. The second kappa shape index (κ2) is 15.0. The van der Waals surface area contributed by atoms with Crippen molar-refractivity contribution in [3.63, 3.8) is 0 Å². The van der Waals surface area contributed by atoms with Gasteiger partial charge in [0.15, 0.2) is 0 Å². The summed E-state index contributed by atoms with van der Waals surface area (Å²) < 4.78 is 8.76. The molecular weight excluding hydrogens is 858 g/mol. The topological polar surface area (TPSA) is 46.4 Å². The van der Waals surface area contributed by atoms with Crippen molar-refractivity contribution >= 4 is 44.6 Å². The number of anilines is 4. The molecule has 0 N–H and O–H groups in total. The molecule has 0 unspecified atom stereocenters. The van der Waals surface area contributed by atoms with E-state index in [0.717, 1.165) is 44.7 Å². The Kier molecular flexibility index (Phi) is 10.4. The molecule has 0 saturated heterocycles. The van der Waals surface area contributed by atoms with Crippen LogP contribution < -0.4 is 14.5 Å². The summed E-state index contributed by atoms with van der Waals surface area (Å²) in [4.78, 5) is 13.9. The predicted octanol–water partition coefficient (Wildman–Crippen LogP) is 13.0. The molecule has 1 aliphatic heterocycles. The van der Waals surface area contributed by atoms with Crippen LogP contribution in [-0.2, 0) is 26.5 Å². The standard InChI is InChI=1S/C48H48N5O.Pt/c1-30(2)33-23-40(31(3)4)47(41(24-33)32(5)6)52-29-51(45-28-49-21-20-43(45)52)35-13-12-14-36(26-35)54-37-17-18-39-38-15-10-11-16-42(38)53(44(39)27-37)46-25-34(19-22-50-46)48(7,8)9;/h10-25,28-32H,1-9H3;/q-3;. The largest absolute Gasteiger partial charge is 0.509 e. The summed E-state index contributed by atoms with van der Waals surface area (Å²) in [5.74, 6) is 3.20. The van der Waals surface area contributed by atoms with E-state index in [1.165, 1.54) is 27.9 Å². The van der Waals surface area contributed by atoms with E-state index in [1.54, 1.807) is 0 Å². The van der Waals surface area contributed by atoms with Crippen molar-refractivity contribution in [3.05, 3.63) is 145 Å². The molecule has 0 atom stereocenters. The molecule has 4 heterocycles. The Hall–Kier alpha value is -4.93. The Morgan fingerprint density at radius 2 is 1.42 bits per heavy atom. The molecule has 0 bridgehead atoms. The molecule has 4 aromatic carbocycles. The summed E-state index contributed by atoms with van der Waals surface area (Å²) >= 11 is 0. The Morgan fingerprint density at radius 3 is 2.13 bits per heavy atom. The number of aromatic nitrogens is 3. The van der Waals surface area contributed by atoms with Crippen LogP contribution >= 0.6 is 0 Å². The van der Waals surface area contributed by atoms with Crippen LogP contribution in [-0.4, -0.2) is 14.5 Å². The van der Waals surface area contributed by atoms with E-state index in [0.29, 0.717) is 29.3 Å². The van der Waals surface area contributed by atoms with Crippen molar-refractivity contribution in [2.24, 2.45) is 0 Å². The third-order valence-electron chi connectivity index (χ3n) is 10.5. The van der Waals surface area contributed by atoms with E-state index in [1.807, 2.05) is 36.8 Å². The number of hydrogen-bond acceptors (Lipinski definition) is 5. The number of pyridine rings is 2. The van der Waals surface area contributed by atoms with Gasteiger partial charge in [-0.2, -0.15) is 12.1 Å². The number of hydrogen-bond donors (Lipinski definition) is 0. The van der Waals surface area contributed by atoms with Crippen LogP contribution in [0.5, 0.6) is 11.5 Å². The quantitative estimate of drug-likeness (QED) is 0.142. The second-order valence-electron chi connectivity index (χ2n) is 16.3. The van der Waals surface area contributed by atoms with Crippen LogP contribution in [0.25, 0.3) is 27.6 Å². The fourth-order valence-electron chi connectivity index (χ4n) is 7.51. The maximum atomic E-state index is 6.57. The van der Waals surface area contributed by atoms with Crippen molar-refractivity contribution in [1.29, 1.82) is 0 Å². The molecule has 0 fully saturated rings. The molecule has 3 aromatic heterocycles. The van der Waals surface area contributed by atoms with Gasteiger partial charge in [-0.25, -0.2) is 4.98 Å². The van der Waals surface area contributed by atoms with Crippen LogP contribution in [0.1, 0.15) is 102 Å². The zero-order valence-corrected chi connectivity index (χ0v) is 35.4. The molecular formula is C48H48N5OPt-3. The Morgan fingerprint density at radius 1 is 0.691 bits per heavy atom. The van der Waals surface area contributed by atoms with Gasteiger partial charge in [0.25, 0.3) is 0 Å². The fourth-order valence-corrected chi connectivity index (χ4v) is 7.51. The molecule has 0 saturated carbocycles. The van der Waals surface area contributed by atoms with Gasteiger partial charge in [0.05, 0.1) is 5.69 Å². The first-order valence-corrected chi connectivity index (χ1v) is 19.1. The summed E-state index contributed by atoms with van der Waals surface area (Å²) in [7, 11) is 0. The van der Waals surface area contributed by atoms with Crippen molar-refractivity contribution in [3.8, 4) is 17.3 Å². The first-order valence-electron chi connectivity index (χ1n) is 19.1. The number of benzene rings is 4. The summed E-state index contributed by atoms with van der Waals surface area (Å²) in [5.41, 5.74) is 11.4. The molecule has 7 heteroatoms. The van der Waals surface area contributed by atoms with Crippen molar-refractivity contribution in [1.82, 2.24) is 14.5 Å². The van der Waals surface area contributed by atoms with Crippen LogP contribution in [0.3, 0.4) is 0 Å². The van der Waals surface area contributed by atoms with Gasteiger partial charge in [-0.15, -0.1) is 48.1 Å². The number of ether oxygens (including phenoxy) is 1. The van der Waals surface area contributed by atoms with Gasteiger partial charge < -0.3 is 19.1 Å². The SMILES string of the molecule is CC(C)c1cc(C(C)C)c(N2[CH-]N(c3[c-]c(Oc4[c-]c5c(cc4)c4ccccc4n5-c4cc(C(C)(C)C)ccn4)ccc3)c3cnccc32)c(C(C)C)c1.[Pt]. The van der Waals surface area contributed by atoms with Crippen molar-refractivity contribution in [2.75, 3.05) is 9.80 Å². The van der Waals surface area contributed by atoms with Gasteiger partial charge in [-0.05, 0) is 75.1 Å². The predicted molar refractivity (Wildman–Crippen MR) is 223 cm³/mol. The minimum absolute atomic E-state index is 0. The van der Waals surface area contributed by atoms with Crippen molar-refractivity contribution < 1.29 is 25.8 Å². The molecule has 1 aliphatic rings. The minimum atomic E-state index is -0.0124. The summed E-state index contributed by atoms with van der Waals surface area (Å²) in [6.45, 7) is 22.6. The fraction of sp³-hybridized carbons (Fsp3) is 0.271. The monoisotopic (exact) mass is 905 g/mol. The smallest absolute Gasteiger partial charge is 0.135 e. The second-order valence-corrected chi connectivity index (χ2v) is 16.3. The van der Waals surface area contributed by atoms with Crippen LogP contribution in [0.15, 0.2) is 104 Å². The Bertz CT molecular complexity index is 2480. The molecule has 8 rings (SSSR count). The molecule has 0 amide bonds. The molecule has 0 aliphatic carbocycles. The van der Waals surface area contributed by atoms with Gasteiger partial charge in [-0.1, -0.05) is 98.2 Å². The van der Waals surface area contributed by atoms with E-state index < -0.39 is 0 Å².